The summed E-state index contributed by atoms with van der Waals surface area (Å²) in [5.41, 5.74) is 0.735. The van der Waals surface area contributed by atoms with E-state index >= 15 is 0 Å². The van der Waals surface area contributed by atoms with Crippen LogP contribution in [0.4, 0.5) is 5.13 Å². The van der Waals surface area contributed by atoms with E-state index < -0.39 is 0 Å². The van der Waals surface area contributed by atoms with Gasteiger partial charge in [0.25, 0.3) is 0 Å². The molecule has 23 heavy (non-hydrogen) atoms. The van der Waals surface area contributed by atoms with E-state index in [2.05, 4.69) is 33.0 Å². The highest BCUT2D eigenvalue weighted by Gasteiger charge is 2.09. The molecule has 0 unspecified atom stereocenters. The lowest BCUT2D eigenvalue weighted by Gasteiger charge is -1.99. The number of nitrogens with one attached hydrogen (secondary N) is 1. The Morgan fingerprint density at radius 2 is 2.00 bits per heavy atom. The first-order valence-electron chi connectivity index (χ1n) is 7.12. The maximum absolute atomic E-state index is 12.0. The number of hydrogen-bond donors (Lipinski definition) is 1. The van der Waals surface area contributed by atoms with Crippen molar-refractivity contribution in [3.63, 3.8) is 0 Å². The molecule has 0 fully saturated rings. The second kappa shape index (κ2) is 8.24. The molecule has 4 nitrogen and oxygen atoms in total. The van der Waals surface area contributed by atoms with Crippen molar-refractivity contribution in [1.82, 2.24) is 10.2 Å². The van der Waals surface area contributed by atoms with Gasteiger partial charge in [-0.15, -0.1) is 21.5 Å². The number of carbonyl (C=O) groups is 1. The van der Waals surface area contributed by atoms with Crippen molar-refractivity contribution in [2.24, 2.45) is 0 Å². The number of aromatic nitrogens is 2. The molecule has 0 saturated carbocycles. The van der Waals surface area contributed by atoms with Crippen molar-refractivity contribution >= 4 is 45.4 Å². The summed E-state index contributed by atoms with van der Waals surface area (Å²) in [6, 6.07) is 13.5. The number of anilines is 1. The molecule has 0 aliphatic carbocycles. The van der Waals surface area contributed by atoms with Gasteiger partial charge in [0.05, 0.1) is 5.75 Å². The van der Waals surface area contributed by atoms with E-state index in [9.17, 15) is 4.79 Å². The number of thiophene rings is 1. The van der Waals surface area contributed by atoms with Crippen molar-refractivity contribution in [3.8, 4) is 0 Å². The first-order chi connectivity index (χ1) is 11.3. The molecule has 0 spiro atoms. The molecule has 118 valence electrons. The number of Topliss-reactive ketones (excluding diaryl/α,β-unsaturated/α-hetero) is 1. The average molecular weight is 362 g/mol. The van der Waals surface area contributed by atoms with Crippen LogP contribution in [0.3, 0.4) is 0 Å². The van der Waals surface area contributed by atoms with E-state index in [-0.39, 0.29) is 5.78 Å². The van der Waals surface area contributed by atoms with Crippen LogP contribution in [0, 0.1) is 0 Å². The summed E-state index contributed by atoms with van der Waals surface area (Å²) >= 11 is 4.68. The van der Waals surface area contributed by atoms with Gasteiger partial charge in [-0.05, 0) is 17.9 Å². The van der Waals surface area contributed by atoms with Crippen LogP contribution in [0.15, 0.2) is 52.2 Å². The Bertz CT molecular complexity index is 741. The second-order valence-corrected chi connectivity index (χ2v) is 7.94. The molecule has 0 aliphatic heterocycles. The van der Waals surface area contributed by atoms with Crippen molar-refractivity contribution in [2.75, 3.05) is 17.6 Å². The first kappa shape index (κ1) is 16.2. The molecule has 0 bridgehead atoms. The molecule has 0 atom stereocenters. The third kappa shape index (κ3) is 4.89. The van der Waals surface area contributed by atoms with E-state index in [0.717, 1.165) is 28.0 Å². The summed E-state index contributed by atoms with van der Waals surface area (Å²) in [4.78, 5) is 13.4. The van der Waals surface area contributed by atoms with Crippen LogP contribution >= 0.6 is 34.4 Å². The van der Waals surface area contributed by atoms with Gasteiger partial charge in [0.15, 0.2) is 10.1 Å². The Labute approximate surface area is 147 Å². The number of hydrogen-bond acceptors (Lipinski definition) is 7. The maximum atomic E-state index is 12.0. The van der Waals surface area contributed by atoms with E-state index in [0.29, 0.717) is 5.75 Å². The minimum atomic E-state index is 0.109. The van der Waals surface area contributed by atoms with Crippen LogP contribution in [0.2, 0.25) is 0 Å². The van der Waals surface area contributed by atoms with Gasteiger partial charge in [-0.2, -0.15) is 0 Å². The minimum Gasteiger partial charge on any atom is -0.360 e. The highest BCUT2D eigenvalue weighted by molar-refractivity contribution is 8.01. The Hall–Kier alpha value is -1.70. The van der Waals surface area contributed by atoms with E-state index in [1.165, 1.54) is 28.0 Å². The van der Waals surface area contributed by atoms with E-state index in [4.69, 9.17) is 0 Å². The number of carbonyl (C=O) groups excluding carboxylic acids is 1. The lowest BCUT2D eigenvalue weighted by Crippen LogP contribution is -2.03. The quantitative estimate of drug-likeness (QED) is 0.481. The predicted molar refractivity (Wildman–Crippen MR) is 97.9 cm³/mol. The fraction of sp³-hybridized carbons (Fsp3) is 0.188. The molecule has 0 aliphatic rings. The maximum Gasteiger partial charge on any atom is 0.206 e. The molecule has 7 heteroatoms. The summed E-state index contributed by atoms with van der Waals surface area (Å²) < 4.78 is 0.813. The molecule has 2 aromatic heterocycles. The highest BCUT2D eigenvalue weighted by Crippen LogP contribution is 2.26. The fourth-order valence-corrected chi connectivity index (χ4v) is 4.30. The molecule has 3 aromatic rings. The lowest BCUT2D eigenvalue weighted by molar-refractivity contribution is 0.102. The number of thioether (sulfide) groups is 1. The number of benzene rings is 1. The third-order valence-corrected chi connectivity index (χ3v) is 6.01. The molecule has 1 N–H and O–H groups in total. The summed E-state index contributed by atoms with van der Waals surface area (Å²) in [5.74, 6) is 0.492. The van der Waals surface area contributed by atoms with Gasteiger partial charge < -0.3 is 5.32 Å². The van der Waals surface area contributed by atoms with Gasteiger partial charge in [0.1, 0.15) is 0 Å². The standard InChI is InChI=1S/C16H15N3OS3/c20-14(12-5-2-1-3-6-12)11-22-16-19-18-15(23-16)17-9-8-13-7-4-10-21-13/h1-7,10H,8-9,11H2,(H,17,18). The first-order valence-corrected chi connectivity index (χ1v) is 9.80. The van der Waals surface area contributed by atoms with Gasteiger partial charge >= 0.3 is 0 Å². The molecule has 0 amide bonds. The van der Waals surface area contributed by atoms with Crippen LogP contribution in [0.5, 0.6) is 0 Å². The zero-order chi connectivity index (χ0) is 15.9. The van der Waals surface area contributed by atoms with Crippen LogP contribution in [0.25, 0.3) is 0 Å². The molecule has 2 heterocycles. The summed E-state index contributed by atoms with van der Waals surface area (Å²) in [5, 5.41) is 14.4. The monoisotopic (exact) mass is 361 g/mol. The van der Waals surface area contributed by atoms with Crippen molar-refractivity contribution in [3.05, 3.63) is 58.3 Å². The van der Waals surface area contributed by atoms with Gasteiger partial charge in [0, 0.05) is 17.0 Å². The smallest absolute Gasteiger partial charge is 0.206 e. The zero-order valence-corrected chi connectivity index (χ0v) is 14.7. The van der Waals surface area contributed by atoms with Crippen LogP contribution in [-0.4, -0.2) is 28.3 Å². The molecule has 3 rings (SSSR count). The van der Waals surface area contributed by atoms with Gasteiger partial charge in [-0.1, -0.05) is 59.5 Å². The van der Waals surface area contributed by atoms with E-state index in [1.54, 1.807) is 11.3 Å². The molecule has 1 aromatic carbocycles. The Kier molecular flexibility index (Phi) is 5.79. The predicted octanol–water partition coefficient (Wildman–Crippen LogP) is 4.23. The summed E-state index contributed by atoms with van der Waals surface area (Å²) in [7, 11) is 0. The Morgan fingerprint density at radius 1 is 1.13 bits per heavy atom. The number of ketones is 1. The topological polar surface area (TPSA) is 54.9 Å². The number of nitrogens with zero attached hydrogens (tertiary/aromatic N) is 2. The second-order valence-electron chi connectivity index (χ2n) is 4.71. The van der Waals surface area contributed by atoms with E-state index in [1.807, 2.05) is 30.3 Å². The minimum absolute atomic E-state index is 0.109. The zero-order valence-electron chi connectivity index (χ0n) is 12.3. The highest BCUT2D eigenvalue weighted by atomic mass is 32.2. The largest absolute Gasteiger partial charge is 0.360 e. The SMILES string of the molecule is O=C(CSc1nnc(NCCc2cccs2)s1)c1ccccc1. The summed E-state index contributed by atoms with van der Waals surface area (Å²) in [6.07, 6.45) is 0.978. The normalized spacial score (nSPS) is 10.6. The molecule has 0 radical (unpaired) electrons. The van der Waals surface area contributed by atoms with Crippen LogP contribution < -0.4 is 5.32 Å². The average Bonchev–Trinajstić information content (AvgIpc) is 3.25. The van der Waals surface area contributed by atoms with Gasteiger partial charge in [-0.25, -0.2) is 0 Å². The molecule has 0 saturated heterocycles. The fourth-order valence-electron chi connectivity index (χ4n) is 1.92. The van der Waals surface area contributed by atoms with Crippen LogP contribution in [0.1, 0.15) is 15.2 Å². The van der Waals surface area contributed by atoms with Crippen molar-refractivity contribution in [1.29, 1.82) is 0 Å². The van der Waals surface area contributed by atoms with Crippen LogP contribution in [-0.2, 0) is 6.42 Å². The Morgan fingerprint density at radius 3 is 2.78 bits per heavy atom. The van der Waals surface area contributed by atoms with Gasteiger partial charge in [-0.3, -0.25) is 4.79 Å². The lowest BCUT2D eigenvalue weighted by atomic mass is 10.2. The Balaban J connectivity index is 1.45. The number of rotatable bonds is 8. The van der Waals surface area contributed by atoms with Crippen molar-refractivity contribution < 1.29 is 4.79 Å². The third-order valence-electron chi connectivity index (χ3n) is 3.06. The summed E-state index contributed by atoms with van der Waals surface area (Å²) in [6.45, 7) is 0.836. The van der Waals surface area contributed by atoms with Gasteiger partial charge in [0.2, 0.25) is 5.13 Å². The molecular weight excluding hydrogens is 346 g/mol. The van der Waals surface area contributed by atoms with Crippen molar-refractivity contribution in [2.45, 2.75) is 10.8 Å². The molecular formula is C16H15N3OS3.